The summed E-state index contributed by atoms with van der Waals surface area (Å²) in [4.78, 5) is 2.57. The normalized spacial score (nSPS) is 29.1. The highest BCUT2D eigenvalue weighted by Gasteiger charge is 2.37. The van der Waals surface area contributed by atoms with Crippen LogP contribution < -0.4 is 5.73 Å². The third-order valence-electron chi connectivity index (χ3n) is 4.76. The number of aryl methyl sites for hydroxylation is 1. The zero-order valence-electron chi connectivity index (χ0n) is 12.4. The largest absolute Gasteiger partial charge is 0.375 e. The summed E-state index contributed by atoms with van der Waals surface area (Å²) < 4.78 is 7.95. The Balaban J connectivity index is 1.80. The summed E-state index contributed by atoms with van der Waals surface area (Å²) in [6, 6.07) is 0.820. The minimum absolute atomic E-state index is 0.282. The topological polar surface area (TPSA) is 56.3 Å². The van der Waals surface area contributed by atoms with Gasteiger partial charge in [-0.25, -0.2) is 0 Å². The van der Waals surface area contributed by atoms with Crippen LogP contribution in [0.2, 0.25) is 0 Å². The summed E-state index contributed by atoms with van der Waals surface area (Å²) in [6.07, 6.45) is 9.59. The van der Waals surface area contributed by atoms with Crippen molar-refractivity contribution in [2.45, 2.75) is 57.3 Å². The summed E-state index contributed by atoms with van der Waals surface area (Å²) in [5.74, 6) is 0. The zero-order chi connectivity index (χ0) is 13.9. The van der Waals surface area contributed by atoms with Gasteiger partial charge in [0.2, 0.25) is 0 Å². The van der Waals surface area contributed by atoms with Gasteiger partial charge in [-0.3, -0.25) is 9.58 Å². The van der Waals surface area contributed by atoms with Gasteiger partial charge in [0, 0.05) is 37.4 Å². The molecule has 1 aromatic rings. The molecule has 1 aliphatic carbocycles. The number of ether oxygens (including phenoxy) is 1. The average Bonchev–Trinajstić information content (AvgIpc) is 2.97. The van der Waals surface area contributed by atoms with E-state index in [-0.39, 0.29) is 6.04 Å². The first-order valence-corrected chi connectivity index (χ1v) is 7.93. The van der Waals surface area contributed by atoms with Crippen LogP contribution in [0.5, 0.6) is 0 Å². The first-order chi connectivity index (χ1) is 9.83. The van der Waals surface area contributed by atoms with E-state index in [2.05, 4.69) is 23.1 Å². The van der Waals surface area contributed by atoms with Crippen LogP contribution in [0, 0.1) is 0 Å². The Morgan fingerprint density at radius 2 is 2.30 bits per heavy atom. The van der Waals surface area contributed by atoms with E-state index < -0.39 is 0 Å². The average molecular weight is 278 g/mol. The molecule has 1 saturated carbocycles. The Labute approximate surface area is 121 Å². The molecule has 0 aromatic carbocycles. The number of morpholine rings is 1. The van der Waals surface area contributed by atoms with Crippen molar-refractivity contribution in [3.05, 3.63) is 18.0 Å². The molecule has 1 aliphatic heterocycles. The molecule has 0 radical (unpaired) electrons. The predicted molar refractivity (Wildman–Crippen MR) is 78.4 cm³/mol. The highest BCUT2D eigenvalue weighted by molar-refractivity contribution is 5.13. The standard InChI is InChI=1S/C15H26N4O/c1-2-18-11-12(10-17-18)14(9-16)19-7-8-20-15-6-4-3-5-13(15)19/h10-11,13-15H,2-9,16H2,1H3. The van der Waals surface area contributed by atoms with Gasteiger partial charge in [-0.15, -0.1) is 0 Å². The van der Waals surface area contributed by atoms with Crippen molar-refractivity contribution in [1.82, 2.24) is 14.7 Å². The van der Waals surface area contributed by atoms with Gasteiger partial charge < -0.3 is 10.5 Å². The van der Waals surface area contributed by atoms with E-state index in [0.29, 0.717) is 18.7 Å². The molecule has 112 valence electrons. The summed E-state index contributed by atoms with van der Waals surface area (Å²) in [5, 5.41) is 4.41. The molecule has 0 bridgehead atoms. The number of hydrogen-bond acceptors (Lipinski definition) is 4. The summed E-state index contributed by atoms with van der Waals surface area (Å²) in [6.45, 7) is 5.49. The Bertz CT molecular complexity index is 431. The van der Waals surface area contributed by atoms with Gasteiger partial charge >= 0.3 is 0 Å². The SMILES string of the molecule is CCn1cc(C(CN)N2CCOC3CCCCC32)cn1. The van der Waals surface area contributed by atoms with E-state index in [9.17, 15) is 0 Å². The highest BCUT2D eigenvalue weighted by atomic mass is 16.5. The summed E-state index contributed by atoms with van der Waals surface area (Å²) >= 11 is 0. The van der Waals surface area contributed by atoms with Gasteiger partial charge in [-0.2, -0.15) is 5.10 Å². The van der Waals surface area contributed by atoms with E-state index in [0.717, 1.165) is 19.7 Å². The number of nitrogens with two attached hydrogens (primary N) is 1. The summed E-state index contributed by atoms with van der Waals surface area (Å²) in [5.41, 5.74) is 7.34. The molecule has 3 atom stereocenters. The number of hydrogen-bond donors (Lipinski definition) is 1. The van der Waals surface area contributed by atoms with Crippen molar-refractivity contribution in [1.29, 1.82) is 0 Å². The molecule has 3 unspecified atom stereocenters. The van der Waals surface area contributed by atoms with Crippen molar-refractivity contribution in [3.8, 4) is 0 Å². The molecule has 5 heteroatoms. The monoisotopic (exact) mass is 278 g/mol. The van der Waals surface area contributed by atoms with Crippen LogP contribution in [0.25, 0.3) is 0 Å². The lowest BCUT2D eigenvalue weighted by molar-refractivity contribution is -0.102. The fraction of sp³-hybridized carbons (Fsp3) is 0.800. The maximum absolute atomic E-state index is 6.09. The Morgan fingerprint density at radius 1 is 1.45 bits per heavy atom. The van der Waals surface area contributed by atoms with Crippen molar-refractivity contribution in [2.75, 3.05) is 19.7 Å². The molecule has 3 rings (SSSR count). The van der Waals surface area contributed by atoms with Crippen molar-refractivity contribution in [2.24, 2.45) is 5.73 Å². The van der Waals surface area contributed by atoms with Gasteiger partial charge in [0.15, 0.2) is 0 Å². The molecule has 0 spiro atoms. The maximum Gasteiger partial charge on any atom is 0.0731 e. The second-order valence-electron chi connectivity index (χ2n) is 5.88. The fourth-order valence-electron chi connectivity index (χ4n) is 3.70. The van der Waals surface area contributed by atoms with Gasteiger partial charge in [-0.05, 0) is 19.8 Å². The van der Waals surface area contributed by atoms with E-state index in [4.69, 9.17) is 10.5 Å². The van der Waals surface area contributed by atoms with Crippen molar-refractivity contribution >= 4 is 0 Å². The second-order valence-corrected chi connectivity index (χ2v) is 5.88. The molecule has 2 N–H and O–H groups in total. The minimum atomic E-state index is 0.282. The first kappa shape index (κ1) is 14.0. The van der Waals surface area contributed by atoms with E-state index in [1.807, 2.05) is 10.9 Å². The predicted octanol–water partition coefficient (Wildman–Crippen LogP) is 1.55. The van der Waals surface area contributed by atoms with E-state index in [1.54, 1.807) is 0 Å². The molecule has 2 aliphatic rings. The summed E-state index contributed by atoms with van der Waals surface area (Å²) in [7, 11) is 0. The number of nitrogens with zero attached hydrogens (tertiary/aromatic N) is 3. The van der Waals surface area contributed by atoms with Crippen LogP contribution in [0.1, 0.15) is 44.2 Å². The Hall–Kier alpha value is -0.910. The molecule has 1 saturated heterocycles. The van der Waals surface area contributed by atoms with Crippen molar-refractivity contribution in [3.63, 3.8) is 0 Å². The lowest BCUT2D eigenvalue weighted by Gasteiger charge is -2.47. The minimum Gasteiger partial charge on any atom is -0.375 e. The number of rotatable bonds is 4. The highest BCUT2D eigenvalue weighted by Crippen LogP contribution is 2.33. The molecule has 2 fully saturated rings. The van der Waals surface area contributed by atoms with Gasteiger partial charge in [-0.1, -0.05) is 12.8 Å². The first-order valence-electron chi connectivity index (χ1n) is 7.93. The third-order valence-corrected chi connectivity index (χ3v) is 4.76. The number of fused-ring (bicyclic) bond motifs is 1. The lowest BCUT2D eigenvalue weighted by Crippen LogP contribution is -2.54. The van der Waals surface area contributed by atoms with E-state index in [1.165, 1.54) is 31.2 Å². The smallest absolute Gasteiger partial charge is 0.0731 e. The Morgan fingerprint density at radius 3 is 3.05 bits per heavy atom. The Kier molecular flexibility index (Phi) is 4.38. The van der Waals surface area contributed by atoms with Crippen LogP contribution in [0.4, 0.5) is 0 Å². The fourth-order valence-corrected chi connectivity index (χ4v) is 3.70. The molecule has 1 aromatic heterocycles. The molecule has 2 heterocycles. The van der Waals surface area contributed by atoms with Crippen LogP contribution in [-0.4, -0.2) is 46.5 Å². The van der Waals surface area contributed by atoms with Crippen LogP contribution >= 0.6 is 0 Å². The van der Waals surface area contributed by atoms with Gasteiger partial charge in [0.25, 0.3) is 0 Å². The van der Waals surface area contributed by atoms with Gasteiger partial charge in [0.1, 0.15) is 0 Å². The van der Waals surface area contributed by atoms with Crippen molar-refractivity contribution < 1.29 is 4.74 Å². The molecule has 0 amide bonds. The van der Waals surface area contributed by atoms with Gasteiger partial charge in [0.05, 0.1) is 24.9 Å². The second kappa shape index (κ2) is 6.24. The zero-order valence-corrected chi connectivity index (χ0v) is 12.4. The lowest BCUT2D eigenvalue weighted by atomic mass is 9.88. The molecule has 5 nitrogen and oxygen atoms in total. The molecular formula is C15H26N4O. The quantitative estimate of drug-likeness (QED) is 0.908. The molecular weight excluding hydrogens is 252 g/mol. The van der Waals surface area contributed by atoms with Crippen LogP contribution in [-0.2, 0) is 11.3 Å². The van der Waals surface area contributed by atoms with E-state index >= 15 is 0 Å². The third kappa shape index (κ3) is 2.62. The number of aromatic nitrogens is 2. The maximum atomic E-state index is 6.09. The van der Waals surface area contributed by atoms with Crippen LogP contribution in [0.3, 0.4) is 0 Å². The molecule has 20 heavy (non-hydrogen) atoms. The van der Waals surface area contributed by atoms with Crippen LogP contribution in [0.15, 0.2) is 12.4 Å².